The molecule has 0 aromatic heterocycles. The lowest BCUT2D eigenvalue weighted by molar-refractivity contribution is 0.673. The lowest BCUT2D eigenvalue weighted by atomic mass is 10.1. The fourth-order valence-corrected chi connectivity index (χ4v) is 1.30. The van der Waals surface area contributed by atoms with Gasteiger partial charge in [0.15, 0.2) is 0 Å². The van der Waals surface area contributed by atoms with Crippen molar-refractivity contribution in [2.24, 2.45) is 0 Å². The van der Waals surface area contributed by atoms with Crippen molar-refractivity contribution in [2.45, 2.75) is 58.3 Å². The molecule has 0 aliphatic carbocycles. The van der Waals surface area contributed by atoms with Crippen LogP contribution in [0.2, 0.25) is 0 Å². The Morgan fingerprint density at radius 1 is 0.846 bits per heavy atom. The molecule has 0 aromatic rings. The van der Waals surface area contributed by atoms with Crippen molar-refractivity contribution in [3.05, 3.63) is 24.8 Å². The maximum atomic E-state index is 3.70. The second-order valence-electron chi connectivity index (χ2n) is 3.54. The summed E-state index contributed by atoms with van der Waals surface area (Å²) in [6, 6.07) is 0. The Balaban J connectivity index is 2.98. The molecular weight excluding hydrogens is 156 g/mol. The summed E-state index contributed by atoms with van der Waals surface area (Å²) < 4.78 is 0. The molecule has 0 saturated carbocycles. The van der Waals surface area contributed by atoms with Crippen LogP contribution in [0.5, 0.6) is 0 Å². The highest BCUT2D eigenvalue weighted by Gasteiger charge is 1.84. The average molecular weight is 180 g/mol. The first kappa shape index (κ1) is 12.5. The highest BCUT2D eigenvalue weighted by Crippen LogP contribution is 2.04. The van der Waals surface area contributed by atoms with Crippen molar-refractivity contribution >= 4 is 0 Å². The van der Waals surface area contributed by atoms with Crippen LogP contribution in [0.3, 0.4) is 0 Å². The van der Waals surface area contributed by atoms with E-state index in [0.29, 0.717) is 0 Å². The Morgan fingerprint density at radius 3 is 2.15 bits per heavy atom. The van der Waals surface area contributed by atoms with Gasteiger partial charge in [-0.25, -0.2) is 0 Å². The second kappa shape index (κ2) is 11.5. The first-order valence-electron chi connectivity index (χ1n) is 5.67. The van der Waals surface area contributed by atoms with E-state index in [1.54, 1.807) is 0 Å². The third kappa shape index (κ3) is 11.5. The van der Waals surface area contributed by atoms with Crippen molar-refractivity contribution in [1.29, 1.82) is 0 Å². The summed E-state index contributed by atoms with van der Waals surface area (Å²) in [4.78, 5) is 0. The van der Waals surface area contributed by atoms with E-state index in [1.165, 1.54) is 44.9 Å². The molecule has 0 heteroatoms. The van der Waals surface area contributed by atoms with Gasteiger partial charge in [-0.05, 0) is 32.1 Å². The van der Waals surface area contributed by atoms with Crippen LogP contribution in [0.25, 0.3) is 0 Å². The number of allylic oxidation sites excluding steroid dienone is 3. The lowest BCUT2D eigenvalue weighted by Gasteiger charge is -1.94. The van der Waals surface area contributed by atoms with Crippen molar-refractivity contribution < 1.29 is 0 Å². The van der Waals surface area contributed by atoms with E-state index in [9.17, 15) is 0 Å². The predicted octanol–water partition coefficient (Wildman–Crippen LogP) is 4.87. The summed E-state index contributed by atoms with van der Waals surface area (Å²) >= 11 is 0. The minimum atomic E-state index is 1.15. The zero-order chi connectivity index (χ0) is 9.78. The third-order valence-corrected chi connectivity index (χ3v) is 2.17. The summed E-state index contributed by atoms with van der Waals surface area (Å²) in [6.45, 7) is 5.96. The zero-order valence-corrected chi connectivity index (χ0v) is 9.10. The van der Waals surface area contributed by atoms with Crippen LogP contribution in [-0.2, 0) is 0 Å². The second-order valence-corrected chi connectivity index (χ2v) is 3.54. The molecule has 0 spiro atoms. The van der Waals surface area contributed by atoms with Gasteiger partial charge in [0, 0.05) is 0 Å². The van der Waals surface area contributed by atoms with Crippen LogP contribution in [0.4, 0.5) is 0 Å². The van der Waals surface area contributed by atoms with Gasteiger partial charge < -0.3 is 0 Å². The van der Waals surface area contributed by atoms with Gasteiger partial charge in [0.2, 0.25) is 0 Å². The molecule has 0 fully saturated rings. The Hall–Kier alpha value is -0.520. The van der Waals surface area contributed by atoms with Crippen LogP contribution in [0.15, 0.2) is 24.8 Å². The van der Waals surface area contributed by atoms with E-state index in [2.05, 4.69) is 25.7 Å². The fraction of sp³-hybridized carbons (Fsp3) is 0.692. The van der Waals surface area contributed by atoms with Gasteiger partial charge in [-0.1, -0.05) is 44.4 Å². The van der Waals surface area contributed by atoms with Gasteiger partial charge in [0.25, 0.3) is 0 Å². The van der Waals surface area contributed by atoms with Crippen LogP contribution in [0.1, 0.15) is 58.3 Å². The van der Waals surface area contributed by atoms with Gasteiger partial charge in [-0.15, -0.1) is 6.58 Å². The molecule has 0 saturated heterocycles. The van der Waals surface area contributed by atoms with E-state index in [-0.39, 0.29) is 0 Å². The maximum Gasteiger partial charge on any atom is -0.0348 e. The van der Waals surface area contributed by atoms with Crippen LogP contribution < -0.4 is 0 Å². The van der Waals surface area contributed by atoms with Gasteiger partial charge in [0.05, 0.1) is 0 Å². The van der Waals surface area contributed by atoms with E-state index < -0.39 is 0 Å². The Morgan fingerprint density at radius 2 is 1.54 bits per heavy atom. The minimum Gasteiger partial charge on any atom is -0.103 e. The molecular formula is C13H24. The van der Waals surface area contributed by atoms with E-state index in [4.69, 9.17) is 0 Å². The Bertz CT molecular complexity index is 122. The number of unbranched alkanes of at least 4 members (excludes halogenated alkanes) is 6. The normalized spacial score (nSPS) is 10.8. The molecule has 0 nitrogen and oxygen atoms in total. The lowest BCUT2D eigenvalue weighted by Crippen LogP contribution is -1.74. The summed E-state index contributed by atoms with van der Waals surface area (Å²) in [6.07, 6.45) is 17.0. The Labute approximate surface area is 83.7 Å². The van der Waals surface area contributed by atoms with Crippen molar-refractivity contribution in [3.63, 3.8) is 0 Å². The molecule has 0 amide bonds. The number of hydrogen-bond donors (Lipinski definition) is 0. The molecule has 0 aromatic carbocycles. The molecule has 0 N–H and O–H groups in total. The fourth-order valence-electron chi connectivity index (χ4n) is 1.30. The summed E-state index contributed by atoms with van der Waals surface area (Å²) in [5.74, 6) is 0. The van der Waals surface area contributed by atoms with Crippen molar-refractivity contribution in [2.75, 3.05) is 0 Å². The Kier molecular flexibility index (Phi) is 11.0. The van der Waals surface area contributed by atoms with Crippen molar-refractivity contribution in [3.8, 4) is 0 Å². The molecule has 13 heavy (non-hydrogen) atoms. The predicted molar refractivity (Wildman–Crippen MR) is 61.9 cm³/mol. The quantitative estimate of drug-likeness (QED) is 0.351. The molecule has 0 atom stereocenters. The summed E-state index contributed by atoms with van der Waals surface area (Å²) in [5, 5.41) is 0. The highest BCUT2D eigenvalue weighted by molar-refractivity contribution is 4.82. The van der Waals surface area contributed by atoms with E-state index in [0.717, 1.165) is 6.42 Å². The summed E-state index contributed by atoms with van der Waals surface area (Å²) in [5.41, 5.74) is 0. The summed E-state index contributed by atoms with van der Waals surface area (Å²) in [7, 11) is 0. The molecule has 0 heterocycles. The molecule has 76 valence electrons. The molecule has 0 unspecified atom stereocenters. The monoisotopic (exact) mass is 180 g/mol. The first-order valence-corrected chi connectivity index (χ1v) is 5.67. The van der Waals surface area contributed by atoms with Crippen LogP contribution in [-0.4, -0.2) is 0 Å². The molecule has 0 rings (SSSR count). The van der Waals surface area contributed by atoms with E-state index >= 15 is 0 Å². The molecule has 0 bridgehead atoms. The molecule has 0 radical (unpaired) electrons. The third-order valence-electron chi connectivity index (χ3n) is 2.17. The standard InChI is InChI=1S/C13H24/c1-3-5-7-9-11-13-12-10-8-6-4-2/h3,11,13H,1,4-10,12H2,2H3/b13-11+. The maximum absolute atomic E-state index is 3.70. The van der Waals surface area contributed by atoms with Crippen LogP contribution >= 0.6 is 0 Å². The van der Waals surface area contributed by atoms with Gasteiger partial charge in [0.1, 0.15) is 0 Å². The highest BCUT2D eigenvalue weighted by atomic mass is 13.9. The topological polar surface area (TPSA) is 0 Å². The van der Waals surface area contributed by atoms with Gasteiger partial charge in [-0.3, -0.25) is 0 Å². The van der Waals surface area contributed by atoms with E-state index in [1.807, 2.05) is 6.08 Å². The molecule has 0 aliphatic heterocycles. The first-order chi connectivity index (χ1) is 6.41. The number of hydrogen-bond acceptors (Lipinski definition) is 0. The minimum absolute atomic E-state index is 1.15. The average Bonchev–Trinajstić information content (AvgIpc) is 2.16. The SMILES string of the molecule is C=CCCC/C=C/CCCCCC. The van der Waals surface area contributed by atoms with Crippen molar-refractivity contribution in [1.82, 2.24) is 0 Å². The largest absolute Gasteiger partial charge is 0.103 e. The number of rotatable bonds is 9. The van der Waals surface area contributed by atoms with Gasteiger partial charge >= 0.3 is 0 Å². The molecule has 0 aliphatic rings. The smallest absolute Gasteiger partial charge is 0.0348 e. The zero-order valence-electron chi connectivity index (χ0n) is 9.10. The van der Waals surface area contributed by atoms with Gasteiger partial charge in [-0.2, -0.15) is 0 Å². The van der Waals surface area contributed by atoms with Crippen LogP contribution in [0, 0.1) is 0 Å².